The van der Waals surface area contributed by atoms with Gasteiger partial charge < -0.3 is 0 Å². The van der Waals surface area contributed by atoms with Crippen molar-refractivity contribution in [2.24, 2.45) is 7.05 Å². The van der Waals surface area contributed by atoms with Crippen LogP contribution in [0.25, 0.3) is 11.2 Å². The van der Waals surface area contributed by atoms with Crippen molar-refractivity contribution in [1.29, 1.82) is 0 Å². The Morgan fingerprint density at radius 3 is 2.92 bits per heavy atom. The van der Waals surface area contributed by atoms with E-state index in [9.17, 15) is 9.59 Å². The maximum absolute atomic E-state index is 11.3. The molecule has 13 heavy (non-hydrogen) atoms. The van der Waals surface area contributed by atoms with Gasteiger partial charge in [0.1, 0.15) is 0 Å². The third-order valence-electron chi connectivity index (χ3n) is 1.98. The predicted molar refractivity (Wildman–Crippen MR) is 48.1 cm³/mol. The van der Waals surface area contributed by atoms with Crippen LogP contribution in [0.1, 0.15) is 0 Å². The van der Waals surface area contributed by atoms with Crippen LogP contribution in [0.5, 0.6) is 0 Å². The molecular weight excluding hydrogens is 297 g/mol. The zero-order valence-electron chi connectivity index (χ0n) is 7.24. The molecule has 0 bridgehead atoms. The number of aromatic amines is 1. The van der Waals surface area contributed by atoms with Gasteiger partial charge in [0.2, 0.25) is 0 Å². The van der Waals surface area contributed by atoms with Crippen LogP contribution in [0, 0.1) is 0 Å². The molecule has 0 amide bonds. The first kappa shape index (κ1) is 9.28. The number of imidazole rings is 1. The Balaban J connectivity index is 3.18. The maximum atomic E-state index is 11.3. The Labute approximate surface area is 105 Å². The van der Waals surface area contributed by atoms with Crippen LogP contribution < -0.4 is 11.2 Å². The minimum atomic E-state index is -0.369. The van der Waals surface area contributed by atoms with Crippen LogP contribution in [-0.2, 0) is 7.05 Å². The molecule has 0 aromatic carbocycles. The predicted octanol–water partition coefficient (Wildman–Crippen LogP) is -1.91. The third kappa shape index (κ3) is 1.34. The molecular formula is C6H6BaN4O2. The number of fused-ring (bicyclic) bond motifs is 1. The van der Waals surface area contributed by atoms with Gasteiger partial charge in [-0.15, -0.1) is 0 Å². The van der Waals surface area contributed by atoms with Crippen molar-refractivity contribution in [2.75, 3.05) is 0 Å². The van der Waals surface area contributed by atoms with Crippen molar-refractivity contribution in [3.05, 3.63) is 27.2 Å². The van der Waals surface area contributed by atoms with Crippen LogP contribution in [0.3, 0.4) is 0 Å². The average molecular weight is 303 g/mol. The fourth-order valence-corrected chi connectivity index (χ4v) is 2.64. The monoisotopic (exact) mass is 304 g/mol. The topological polar surface area (TPSA) is 72.7 Å². The van der Waals surface area contributed by atoms with Crippen molar-refractivity contribution < 1.29 is 0 Å². The van der Waals surface area contributed by atoms with Gasteiger partial charge in [-0.25, -0.2) is 0 Å². The van der Waals surface area contributed by atoms with Crippen molar-refractivity contribution in [3.8, 4) is 0 Å². The first-order valence-corrected chi connectivity index (χ1v) is 6.52. The zero-order chi connectivity index (χ0) is 9.59. The fraction of sp³-hybridized carbons (Fsp3) is 0.167. The number of aryl methyl sites for hydroxylation is 1. The molecule has 64 valence electrons. The van der Waals surface area contributed by atoms with E-state index in [0.29, 0.717) is 11.2 Å². The number of nitrogens with one attached hydrogen (secondary N) is 1. The van der Waals surface area contributed by atoms with Gasteiger partial charge in [0.05, 0.1) is 0 Å². The second-order valence-corrected chi connectivity index (χ2v) is 5.65. The van der Waals surface area contributed by atoms with Crippen molar-refractivity contribution in [2.45, 2.75) is 0 Å². The van der Waals surface area contributed by atoms with E-state index >= 15 is 0 Å². The zero-order valence-corrected chi connectivity index (χ0v) is 13.5. The van der Waals surface area contributed by atoms with Crippen LogP contribution >= 0.6 is 0 Å². The first-order valence-electron chi connectivity index (χ1n) is 3.71. The summed E-state index contributed by atoms with van der Waals surface area (Å²) in [6, 6.07) is 0. The second kappa shape index (κ2) is 3.14. The van der Waals surface area contributed by atoms with Gasteiger partial charge in [-0.05, 0) is 0 Å². The average Bonchev–Trinajstić information content (AvgIpc) is 2.44. The summed E-state index contributed by atoms with van der Waals surface area (Å²) in [4.78, 5) is 28.8. The van der Waals surface area contributed by atoms with Gasteiger partial charge >= 0.3 is 106 Å². The number of nitrogens with zero attached hydrogens (tertiary/aromatic N) is 3. The van der Waals surface area contributed by atoms with E-state index < -0.39 is 0 Å². The fourth-order valence-electron chi connectivity index (χ4n) is 1.26. The molecule has 0 radical (unpaired) electrons. The minimum absolute atomic E-state index is 0.124. The summed E-state index contributed by atoms with van der Waals surface area (Å²) in [5.74, 6) is 0. The Bertz CT molecular complexity index is 578. The molecule has 0 aliphatic heterocycles. The molecule has 0 spiro atoms. The number of hydrogen-bond acceptors (Lipinski definition) is 3. The summed E-state index contributed by atoms with van der Waals surface area (Å²) in [5.41, 5.74) is 0.240. The van der Waals surface area contributed by atoms with Gasteiger partial charge in [0, 0.05) is 0 Å². The summed E-state index contributed by atoms with van der Waals surface area (Å²) in [6.45, 7) is 0. The van der Waals surface area contributed by atoms with Crippen LogP contribution in [0.4, 0.5) is 0 Å². The summed E-state index contributed by atoms with van der Waals surface area (Å²) in [6.07, 6.45) is 1.53. The molecule has 1 N–H and O–H groups in total. The molecule has 6 nitrogen and oxygen atoms in total. The molecule has 2 aromatic rings. The van der Waals surface area contributed by atoms with E-state index in [0.717, 1.165) is 0 Å². The molecule has 0 unspecified atom stereocenters. The molecule has 0 saturated heterocycles. The Hall–Kier alpha value is -0.279. The molecule has 2 heterocycles. The van der Waals surface area contributed by atoms with E-state index in [-0.39, 0.29) is 58.2 Å². The molecule has 0 aliphatic rings. The van der Waals surface area contributed by atoms with Crippen molar-refractivity contribution in [1.82, 2.24) is 14.1 Å². The van der Waals surface area contributed by atoms with Gasteiger partial charge in [0.25, 0.3) is 0 Å². The molecule has 0 aliphatic carbocycles. The quantitative estimate of drug-likeness (QED) is 0.577. The Kier molecular flexibility index (Phi) is 2.24. The standard InChI is InChI=1S/C6H6N4O2.Ba.H/c1-10-2-7-4-3(10)5(11)9-6(12)8-4;;/h2H,1H3,(H2,8,9,11,12);;/q;+1;/p-1. The van der Waals surface area contributed by atoms with Crippen LogP contribution in [-0.4, -0.2) is 61.1 Å². The molecule has 0 saturated carbocycles. The molecule has 0 fully saturated rings. The van der Waals surface area contributed by atoms with E-state index in [1.54, 1.807) is 11.6 Å². The normalized spacial score (nSPS) is 10.8. The van der Waals surface area contributed by atoms with E-state index in [1.165, 1.54) is 5.91 Å². The number of aromatic nitrogens is 4. The summed E-state index contributed by atoms with van der Waals surface area (Å²) >= 11 is -0.124. The molecule has 0 atom stereocenters. The molecule has 2 aromatic heterocycles. The SMILES string of the molecule is Cn1cnc2c1c(=O)[nH]c(=O)[n]2[BaH]. The summed E-state index contributed by atoms with van der Waals surface area (Å²) < 4.78 is 3.14. The number of rotatable bonds is 0. The van der Waals surface area contributed by atoms with Crippen molar-refractivity contribution in [3.63, 3.8) is 0 Å². The van der Waals surface area contributed by atoms with Gasteiger partial charge in [-0.1, -0.05) is 0 Å². The number of hydrogen-bond donors (Lipinski definition) is 1. The Morgan fingerprint density at radius 1 is 1.54 bits per heavy atom. The third-order valence-corrected chi connectivity index (χ3v) is 4.58. The van der Waals surface area contributed by atoms with Crippen LogP contribution in [0.2, 0.25) is 0 Å². The van der Waals surface area contributed by atoms with E-state index in [2.05, 4.69) is 9.97 Å². The second-order valence-electron chi connectivity index (χ2n) is 2.85. The van der Waals surface area contributed by atoms with Crippen LogP contribution in [0.15, 0.2) is 15.9 Å². The Morgan fingerprint density at radius 2 is 2.23 bits per heavy atom. The van der Waals surface area contributed by atoms with E-state index in [4.69, 9.17) is 0 Å². The van der Waals surface area contributed by atoms with Gasteiger partial charge in [-0.3, -0.25) is 0 Å². The first-order chi connectivity index (χ1) is 6.11. The molecule has 2 rings (SSSR count). The summed E-state index contributed by atoms with van der Waals surface area (Å²) in [5, 5.41) is 0. The van der Waals surface area contributed by atoms with Gasteiger partial charge in [0.15, 0.2) is 0 Å². The number of H-pyrrole nitrogens is 1. The molecule has 7 heteroatoms. The van der Waals surface area contributed by atoms with Gasteiger partial charge in [-0.2, -0.15) is 0 Å². The van der Waals surface area contributed by atoms with Crippen molar-refractivity contribution >= 4 is 58.1 Å². The summed E-state index contributed by atoms with van der Waals surface area (Å²) in [7, 11) is 1.73. The van der Waals surface area contributed by atoms with E-state index in [1.807, 2.05) is 0 Å².